The second-order valence-corrected chi connectivity index (χ2v) is 6.20. The van der Waals surface area contributed by atoms with Crippen molar-refractivity contribution in [3.63, 3.8) is 0 Å². The van der Waals surface area contributed by atoms with Crippen molar-refractivity contribution < 1.29 is 9.59 Å². The van der Waals surface area contributed by atoms with E-state index in [0.717, 1.165) is 29.7 Å². The molecular formula is C20H21N3O2. The third kappa shape index (κ3) is 5.01. The highest BCUT2D eigenvalue weighted by atomic mass is 16.2. The second kappa shape index (κ2) is 7.75. The topological polar surface area (TPSA) is 62.3 Å². The van der Waals surface area contributed by atoms with Gasteiger partial charge in [0.25, 0.3) is 0 Å². The molecule has 2 aromatic rings. The molecule has 1 fully saturated rings. The molecule has 25 heavy (non-hydrogen) atoms. The van der Waals surface area contributed by atoms with E-state index in [1.54, 1.807) is 24.5 Å². The van der Waals surface area contributed by atoms with E-state index in [2.05, 4.69) is 10.3 Å². The normalized spacial score (nSPS) is 13.6. The molecule has 0 spiro atoms. The van der Waals surface area contributed by atoms with Crippen molar-refractivity contribution in [3.8, 4) is 0 Å². The number of carbonyl (C=O) groups excluding carboxylic acids is 2. The van der Waals surface area contributed by atoms with Crippen LogP contribution in [0.5, 0.6) is 0 Å². The quantitative estimate of drug-likeness (QED) is 0.824. The Morgan fingerprint density at radius 1 is 1.24 bits per heavy atom. The van der Waals surface area contributed by atoms with E-state index in [0.29, 0.717) is 12.6 Å². The van der Waals surface area contributed by atoms with Crippen LogP contribution in [0.2, 0.25) is 0 Å². The maximum absolute atomic E-state index is 12.6. The Kier molecular flexibility index (Phi) is 5.23. The number of aromatic nitrogens is 1. The van der Waals surface area contributed by atoms with Crippen LogP contribution < -0.4 is 5.32 Å². The number of nitrogens with one attached hydrogen (secondary N) is 1. The molecule has 1 aliphatic rings. The minimum absolute atomic E-state index is 0.0114. The van der Waals surface area contributed by atoms with Crippen LogP contribution in [0.15, 0.2) is 54.9 Å². The van der Waals surface area contributed by atoms with Gasteiger partial charge in [-0.05, 0) is 48.2 Å². The van der Waals surface area contributed by atoms with Crippen LogP contribution >= 0.6 is 0 Å². The molecular weight excluding hydrogens is 314 g/mol. The molecule has 5 heteroatoms. The van der Waals surface area contributed by atoms with Crippen molar-refractivity contribution in [1.29, 1.82) is 0 Å². The molecule has 1 aliphatic carbocycles. The largest absolute Gasteiger partial charge is 0.332 e. The first kappa shape index (κ1) is 16.9. The van der Waals surface area contributed by atoms with Gasteiger partial charge in [0, 0.05) is 43.7 Å². The lowest BCUT2D eigenvalue weighted by atomic mass is 10.2. The molecule has 1 aromatic carbocycles. The monoisotopic (exact) mass is 335 g/mol. The first-order chi connectivity index (χ1) is 12.1. The molecule has 1 N–H and O–H groups in total. The summed E-state index contributed by atoms with van der Waals surface area (Å²) in [5.74, 6) is -0.0914. The second-order valence-electron chi connectivity index (χ2n) is 6.20. The summed E-state index contributed by atoms with van der Waals surface area (Å²) in [6.45, 7) is 2.06. The summed E-state index contributed by atoms with van der Waals surface area (Å²) >= 11 is 0. The highest BCUT2D eigenvalue weighted by Gasteiger charge is 2.31. The summed E-state index contributed by atoms with van der Waals surface area (Å²) in [5, 5.41) is 2.72. The van der Waals surface area contributed by atoms with Gasteiger partial charge in [0.2, 0.25) is 11.8 Å². The average molecular weight is 335 g/mol. The van der Waals surface area contributed by atoms with E-state index in [1.807, 2.05) is 41.3 Å². The number of hydrogen-bond donors (Lipinski definition) is 1. The third-order valence-electron chi connectivity index (χ3n) is 4.00. The predicted octanol–water partition coefficient (Wildman–Crippen LogP) is 3.24. The van der Waals surface area contributed by atoms with Crippen LogP contribution in [0.3, 0.4) is 0 Å². The first-order valence-corrected chi connectivity index (χ1v) is 8.37. The molecule has 0 bridgehead atoms. The molecule has 0 unspecified atom stereocenters. The Balaban J connectivity index is 1.64. The van der Waals surface area contributed by atoms with Crippen LogP contribution in [0, 0.1) is 0 Å². The fraction of sp³-hybridized carbons (Fsp3) is 0.250. The minimum atomic E-state index is -0.103. The van der Waals surface area contributed by atoms with Crippen molar-refractivity contribution >= 4 is 23.6 Å². The molecule has 1 aromatic heterocycles. The zero-order chi connectivity index (χ0) is 17.6. The number of anilines is 1. The lowest BCUT2D eigenvalue weighted by Gasteiger charge is -2.20. The van der Waals surface area contributed by atoms with E-state index in [4.69, 9.17) is 0 Å². The molecule has 0 radical (unpaired) electrons. The smallest absolute Gasteiger partial charge is 0.247 e. The van der Waals surface area contributed by atoms with E-state index in [-0.39, 0.29) is 11.8 Å². The Bertz CT molecular complexity index is 765. The van der Waals surface area contributed by atoms with E-state index in [1.165, 1.54) is 6.92 Å². The van der Waals surface area contributed by atoms with Crippen molar-refractivity contribution in [1.82, 2.24) is 9.88 Å². The van der Waals surface area contributed by atoms with Gasteiger partial charge in [-0.3, -0.25) is 14.6 Å². The molecule has 2 amide bonds. The lowest BCUT2D eigenvalue weighted by Crippen LogP contribution is -2.31. The summed E-state index contributed by atoms with van der Waals surface area (Å²) in [7, 11) is 0. The van der Waals surface area contributed by atoms with Gasteiger partial charge in [0.1, 0.15) is 0 Å². The van der Waals surface area contributed by atoms with Gasteiger partial charge in [-0.2, -0.15) is 0 Å². The summed E-state index contributed by atoms with van der Waals surface area (Å²) in [4.78, 5) is 29.6. The molecule has 0 aliphatic heterocycles. The summed E-state index contributed by atoms with van der Waals surface area (Å²) in [6.07, 6.45) is 9.07. The number of hydrogen-bond acceptors (Lipinski definition) is 3. The number of amides is 2. The van der Waals surface area contributed by atoms with Crippen LogP contribution in [-0.2, 0) is 16.1 Å². The van der Waals surface area contributed by atoms with Crippen molar-refractivity contribution in [2.45, 2.75) is 32.4 Å². The third-order valence-corrected chi connectivity index (χ3v) is 4.00. The molecule has 1 saturated carbocycles. The zero-order valence-corrected chi connectivity index (χ0v) is 14.2. The van der Waals surface area contributed by atoms with Crippen LogP contribution in [-0.4, -0.2) is 27.7 Å². The first-order valence-electron chi connectivity index (χ1n) is 8.37. The summed E-state index contributed by atoms with van der Waals surface area (Å²) in [5.41, 5.74) is 2.70. The number of nitrogens with zero attached hydrogens (tertiary/aromatic N) is 2. The van der Waals surface area contributed by atoms with Gasteiger partial charge < -0.3 is 10.2 Å². The molecule has 0 saturated heterocycles. The number of rotatable bonds is 6. The minimum Gasteiger partial charge on any atom is -0.332 e. The fourth-order valence-corrected chi connectivity index (χ4v) is 2.61. The van der Waals surface area contributed by atoms with Gasteiger partial charge in [-0.15, -0.1) is 0 Å². The summed E-state index contributed by atoms with van der Waals surface area (Å²) < 4.78 is 0. The Morgan fingerprint density at radius 2 is 2.00 bits per heavy atom. The maximum Gasteiger partial charge on any atom is 0.247 e. The molecule has 5 nitrogen and oxygen atoms in total. The number of pyridine rings is 1. The molecule has 3 rings (SSSR count). The number of benzene rings is 1. The van der Waals surface area contributed by atoms with E-state index >= 15 is 0 Å². The predicted molar refractivity (Wildman–Crippen MR) is 97.6 cm³/mol. The summed E-state index contributed by atoms with van der Waals surface area (Å²) in [6, 6.07) is 11.6. The van der Waals surface area contributed by atoms with E-state index in [9.17, 15) is 9.59 Å². The molecule has 1 heterocycles. The fourth-order valence-electron chi connectivity index (χ4n) is 2.61. The SMILES string of the molecule is CC(=O)Nc1ccc(/C=C/C(=O)N(Cc2cccnc2)C2CC2)cc1. The van der Waals surface area contributed by atoms with E-state index < -0.39 is 0 Å². The highest BCUT2D eigenvalue weighted by Crippen LogP contribution is 2.28. The van der Waals surface area contributed by atoms with Crippen LogP contribution in [0.1, 0.15) is 30.9 Å². The van der Waals surface area contributed by atoms with Crippen molar-refractivity contribution in [2.75, 3.05) is 5.32 Å². The Hall–Kier alpha value is -2.95. The lowest BCUT2D eigenvalue weighted by molar-refractivity contribution is -0.127. The number of carbonyl (C=O) groups is 2. The maximum atomic E-state index is 12.6. The standard InChI is InChI=1S/C20H21N3O2/c1-15(24)22-18-7-4-16(5-8-18)6-11-20(25)23(19-9-10-19)14-17-3-2-12-21-13-17/h2-8,11-13,19H,9-10,14H2,1H3,(H,22,24)/b11-6+. The van der Waals surface area contributed by atoms with Gasteiger partial charge >= 0.3 is 0 Å². The van der Waals surface area contributed by atoms with Gasteiger partial charge in [-0.25, -0.2) is 0 Å². The molecule has 128 valence electrons. The Morgan fingerprint density at radius 3 is 2.60 bits per heavy atom. The average Bonchev–Trinajstić information content (AvgIpc) is 3.44. The Labute approximate surface area is 147 Å². The zero-order valence-electron chi connectivity index (χ0n) is 14.2. The highest BCUT2D eigenvalue weighted by molar-refractivity contribution is 5.92. The van der Waals surface area contributed by atoms with Crippen LogP contribution in [0.4, 0.5) is 5.69 Å². The molecule has 0 atom stereocenters. The van der Waals surface area contributed by atoms with Gasteiger partial charge in [0.15, 0.2) is 0 Å². The van der Waals surface area contributed by atoms with Crippen molar-refractivity contribution in [2.24, 2.45) is 0 Å². The van der Waals surface area contributed by atoms with Gasteiger partial charge in [0.05, 0.1) is 0 Å². The van der Waals surface area contributed by atoms with Crippen molar-refractivity contribution in [3.05, 3.63) is 66.0 Å². The van der Waals surface area contributed by atoms with Gasteiger partial charge in [-0.1, -0.05) is 18.2 Å². The van der Waals surface area contributed by atoms with Crippen LogP contribution in [0.25, 0.3) is 6.08 Å².